The van der Waals surface area contributed by atoms with Crippen LogP contribution in [-0.2, 0) is 0 Å². The van der Waals surface area contributed by atoms with Gasteiger partial charge in [-0.05, 0) is 0 Å². The summed E-state index contributed by atoms with van der Waals surface area (Å²) in [4.78, 5) is 0. The van der Waals surface area contributed by atoms with Crippen molar-refractivity contribution in [3.05, 3.63) is 0 Å². The zero-order chi connectivity index (χ0) is 14.5. The fourth-order valence-electron chi connectivity index (χ4n) is 1.11. The molecule has 0 radical (unpaired) electrons. The molecule has 0 amide bonds. The molecule has 0 N–H and O–H groups in total. The van der Waals surface area contributed by atoms with E-state index < -0.39 is 29.5 Å². The molecule has 0 aromatic carbocycles. The second-order valence-electron chi connectivity index (χ2n) is 3.22. The van der Waals surface area contributed by atoms with Crippen LogP contribution in [0.3, 0.4) is 0 Å². The van der Waals surface area contributed by atoms with Gasteiger partial charge in [0.1, 0.15) is 0 Å². The third-order valence-corrected chi connectivity index (χ3v) is 6.42. The van der Waals surface area contributed by atoms with Crippen LogP contribution >= 0.6 is 7.06 Å². The van der Waals surface area contributed by atoms with E-state index in [0.29, 0.717) is 0 Å². The Morgan fingerprint density at radius 3 is 0.824 bits per heavy atom. The standard InChI is InChI=1S/C5H6F10NP/c1-16(2)17(15,3(6,7)8,4(9,10)11)5(12,13)14/h1-2H3. The van der Waals surface area contributed by atoms with E-state index in [1.807, 2.05) is 0 Å². The van der Waals surface area contributed by atoms with Gasteiger partial charge in [-0.1, -0.05) is 0 Å². The van der Waals surface area contributed by atoms with Crippen LogP contribution in [0.4, 0.5) is 43.7 Å². The van der Waals surface area contributed by atoms with Crippen LogP contribution in [0.5, 0.6) is 0 Å². The number of nitrogens with zero attached hydrogens (tertiary/aromatic N) is 1. The first-order chi connectivity index (χ1) is 7.03. The van der Waals surface area contributed by atoms with Crippen LogP contribution < -0.4 is 0 Å². The van der Waals surface area contributed by atoms with Crippen LogP contribution in [0.2, 0.25) is 0 Å². The first-order valence-corrected chi connectivity index (χ1v) is 5.71. The Bertz CT molecular complexity index is 258. The van der Waals surface area contributed by atoms with E-state index in [4.69, 9.17) is 0 Å². The zero-order valence-corrected chi connectivity index (χ0v) is 9.07. The van der Waals surface area contributed by atoms with Gasteiger partial charge in [0.05, 0.1) is 0 Å². The maximum absolute atomic E-state index is 13.5. The maximum atomic E-state index is 13.5. The predicted molar refractivity (Wildman–Crippen MR) is 39.9 cm³/mol. The third-order valence-electron chi connectivity index (χ3n) is 2.14. The molecule has 0 spiro atoms. The number of alkyl halides is 9. The van der Waals surface area contributed by atoms with Gasteiger partial charge in [-0.2, -0.15) is 0 Å². The first kappa shape index (κ1) is 16.7. The van der Waals surface area contributed by atoms with Gasteiger partial charge in [0.15, 0.2) is 0 Å². The summed E-state index contributed by atoms with van der Waals surface area (Å²) >= 11 is 0. The molecule has 0 rings (SSSR count). The summed E-state index contributed by atoms with van der Waals surface area (Å²) in [6, 6.07) is 0. The molecule has 12 heteroatoms. The molecule has 0 atom stereocenters. The van der Waals surface area contributed by atoms with Crippen molar-refractivity contribution in [1.29, 1.82) is 0 Å². The zero-order valence-electron chi connectivity index (χ0n) is 8.17. The van der Waals surface area contributed by atoms with E-state index in [1.54, 1.807) is 0 Å². The quantitative estimate of drug-likeness (QED) is 0.510. The number of rotatable bonds is 1. The second-order valence-corrected chi connectivity index (χ2v) is 7.47. The van der Waals surface area contributed by atoms with Gasteiger partial charge in [-0.3, -0.25) is 0 Å². The first-order valence-electron chi connectivity index (χ1n) is 3.64. The molecule has 17 heavy (non-hydrogen) atoms. The molecule has 0 bridgehead atoms. The molecule has 0 fully saturated rings. The number of hydrogen-bond acceptors (Lipinski definition) is 1. The van der Waals surface area contributed by atoms with E-state index in [1.165, 1.54) is 0 Å². The molecule has 106 valence electrons. The van der Waals surface area contributed by atoms with Gasteiger partial charge in [0.25, 0.3) is 0 Å². The third kappa shape index (κ3) is 1.54. The Kier molecular flexibility index (Phi) is 3.53. The number of hydrogen-bond donors (Lipinski definition) is 0. The SMILES string of the molecule is CN(C)P(F)(C(F)(F)F)(C(F)(F)F)C(F)(F)F. The van der Waals surface area contributed by atoms with Crippen LogP contribution in [0, 0.1) is 0 Å². The van der Waals surface area contributed by atoms with Crippen molar-refractivity contribution in [2.75, 3.05) is 14.1 Å². The summed E-state index contributed by atoms with van der Waals surface area (Å²) < 4.78 is 122. The van der Waals surface area contributed by atoms with Crippen molar-refractivity contribution in [3.8, 4) is 0 Å². The van der Waals surface area contributed by atoms with Gasteiger partial charge in [-0.15, -0.1) is 0 Å². The topological polar surface area (TPSA) is 3.24 Å². The molecule has 0 unspecified atom stereocenters. The predicted octanol–water partition coefficient (Wildman–Crippen LogP) is 4.46. The average molecular weight is 301 g/mol. The van der Waals surface area contributed by atoms with Crippen LogP contribution in [-0.4, -0.2) is 36.5 Å². The van der Waals surface area contributed by atoms with Crippen molar-refractivity contribution in [2.24, 2.45) is 0 Å². The van der Waals surface area contributed by atoms with E-state index in [-0.39, 0.29) is 14.1 Å². The van der Waals surface area contributed by atoms with Crippen molar-refractivity contribution in [1.82, 2.24) is 4.67 Å². The molecule has 0 heterocycles. The molecule has 0 aromatic heterocycles. The van der Waals surface area contributed by atoms with Crippen LogP contribution in [0.25, 0.3) is 0 Å². The van der Waals surface area contributed by atoms with Gasteiger partial charge < -0.3 is 0 Å². The summed E-state index contributed by atoms with van der Waals surface area (Å²) in [6.45, 7) is 0. The molecule has 0 saturated carbocycles. The Balaban J connectivity index is 6.59. The molecule has 0 aliphatic rings. The van der Waals surface area contributed by atoms with Gasteiger partial charge in [0, 0.05) is 0 Å². The minimum atomic E-state index is -9.64. The van der Waals surface area contributed by atoms with E-state index in [2.05, 4.69) is 0 Å². The monoisotopic (exact) mass is 301 g/mol. The summed E-state index contributed by atoms with van der Waals surface area (Å²) in [7, 11) is -10.1. The molecule has 0 saturated heterocycles. The van der Waals surface area contributed by atoms with Crippen molar-refractivity contribution < 1.29 is 43.7 Å². The van der Waals surface area contributed by atoms with Crippen LogP contribution in [0.1, 0.15) is 0 Å². The Labute approximate surface area is 88.5 Å². The molecule has 1 nitrogen and oxygen atoms in total. The number of halogens is 10. The van der Waals surface area contributed by atoms with Crippen molar-refractivity contribution >= 4 is 7.06 Å². The summed E-state index contributed by atoms with van der Waals surface area (Å²) in [5.41, 5.74) is 0. The molecular formula is C5H6F10NP. The van der Waals surface area contributed by atoms with E-state index >= 15 is 0 Å². The summed E-state index contributed by atoms with van der Waals surface area (Å²) in [5.74, 6) is -21.4. The summed E-state index contributed by atoms with van der Waals surface area (Å²) in [5, 5.41) is 0. The minimum absolute atomic E-state index is 0.244. The van der Waals surface area contributed by atoms with Crippen molar-refractivity contribution in [3.63, 3.8) is 0 Å². The van der Waals surface area contributed by atoms with Gasteiger partial charge >= 0.3 is 87.3 Å². The molecule has 0 aliphatic carbocycles. The second kappa shape index (κ2) is 3.59. The molecule has 0 aliphatic heterocycles. The van der Waals surface area contributed by atoms with E-state index in [9.17, 15) is 43.7 Å². The fraction of sp³-hybridized carbons (Fsp3) is 1.00. The van der Waals surface area contributed by atoms with Gasteiger partial charge in [0.2, 0.25) is 0 Å². The van der Waals surface area contributed by atoms with E-state index in [0.717, 1.165) is 0 Å². The van der Waals surface area contributed by atoms with Crippen molar-refractivity contribution in [2.45, 2.75) is 17.8 Å². The average Bonchev–Trinajstić information content (AvgIpc) is 1.94. The van der Waals surface area contributed by atoms with Crippen LogP contribution in [0.15, 0.2) is 0 Å². The fourth-order valence-corrected chi connectivity index (χ4v) is 3.33. The van der Waals surface area contributed by atoms with Gasteiger partial charge in [-0.25, -0.2) is 0 Å². The Hall–Kier alpha value is -0.310. The Morgan fingerprint density at radius 1 is 0.647 bits per heavy atom. The normalized spacial score (nSPS) is 18.1. The Morgan fingerprint density at radius 2 is 0.824 bits per heavy atom. The summed E-state index contributed by atoms with van der Waals surface area (Å²) in [6.07, 6.45) is 0. The molecular weight excluding hydrogens is 295 g/mol. The molecule has 0 aromatic rings.